The van der Waals surface area contributed by atoms with Crippen LogP contribution >= 0.6 is 0 Å². The number of aryl methyl sites for hydroxylation is 1. The topological polar surface area (TPSA) is 69.4 Å². The molecule has 0 saturated carbocycles. The van der Waals surface area contributed by atoms with Crippen LogP contribution < -0.4 is 5.32 Å². The molecule has 1 rings (SSSR count). The lowest BCUT2D eigenvalue weighted by Crippen LogP contribution is -2.32. The van der Waals surface area contributed by atoms with Crippen LogP contribution in [-0.4, -0.2) is 42.7 Å². The number of nitrogens with one attached hydrogen (secondary N) is 1. The molecule has 1 aromatic rings. The Bertz CT molecular complexity index is 298. The first kappa shape index (κ1) is 14.1. The first-order chi connectivity index (χ1) is 8.26. The van der Waals surface area contributed by atoms with E-state index in [9.17, 15) is 0 Å². The van der Waals surface area contributed by atoms with E-state index in [2.05, 4.69) is 15.5 Å². The fourth-order valence-electron chi connectivity index (χ4n) is 1.40. The van der Waals surface area contributed by atoms with E-state index in [1.54, 1.807) is 6.92 Å². The molecule has 0 atom stereocenters. The summed E-state index contributed by atoms with van der Waals surface area (Å²) >= 11 is 0. The van der Waals surface area contributed by atoms with Gasteiger partial charge in [0.15, 0.2) is 12.1 Å². The van der Waals surface area contributed by atoms with Crippen molar-refractivity contribution in [2.24, 2.45) is 0 Å². The number of hydrogen-bond donors (Lipinski definition) is 1. The molecule has 0 aromatic carbocycles. The van der Waals surface area contributed by atoms with E-state index in [-0.39, 0.29) is 6.29 Å². The van der Waals surface area contributed by atoms with Crippen LogP contribution in [-0.2, 0) is 15.9 Å². The van der Waals surface area contributed by atoms with Crippen molar-refractivity contribution in [3.8, 4) is 0 Å². The first-order valence-electron chi connectivity index (χ1n) is 5.99. The summed E-state index contributed by atoms with van der Waals surface area (Å²) in [7, 11) is 0. The van der Waals surface area contributed by atoms with Crippen LogP contribution in [0.4, 0.5) is 0 Å². The molecule has 0 radical (unpaired) electrons. The molecular weight excluding hydrogens is 222 g/mol. The van der Waals surface area contributed by atoms with Gasteiger partial charge in [-0.1, -0.05) is 5.16 Å². The summed E-state index contributed by atoms with van der Waals surface area (Å²) in [5, 5.41) is 7.06. The summed E-state index contributed by atoms with van der Waals surface area (Å²) < 4.78 is 15.7. The monoisotopic (exact) mass is 243 g/mol. The fraction of sp³-hybridized carbons (Fsp3) is 0.818. The van der Waals surface area contributed by atoms with E-state index in [1.165, 1.54) is 0 Å². The van der Waals surface area contributed by atoms with Gasteiger partial charge in [0.25, 0.3) is 0 Å². The predicted octanol–water partition coefficient (Wildman–Crippen LogP) is 0.909. The Morgan fingerprint density at radius 2 is 2.00 bits per heavy atom. The third kappa shape index (κ3) is 5.76. The highest BCUT2D eigenvalue weighted by Gasteiger charge is 2.07. The fourth-order valence-corrected chi connectivity index (χ4v) is 1.40. The van der Waals surface area contributed by atoms with E-state index in [1.807, 2.05) is 13.8 Å². The normalized spacial score (nSPS) is 11.3. The number of nitrogens with zero attached hydrogens (tertiary/aromatic N) is 2. The summed E-state index contributed by atoms with van der Waals surface area (Å²) in [6.07, 6.45) is 0.555. The first-order valence-corrected chi connectivity index (χ1v) is 5.99. The molecule has 1 aromatic heterocycles. The highest BCUT2D eigenvalue weighted by atomic mass is 16.7. The third-order valence-corrected chi connectivity index (χ3v) is 2.11. The summed E-state index contributed by atoms with van der Waals surface area (Å²) in [6, 6.07) is 0. The van der Waals surface area contributed by atoms with Crippen molar-refractivity contribution < 1.29 is 14.0 Å². The minimum absolute atomic E-state index is 0.183. The van der Waals surface area contributed by atoms with Crippen molar-refractivity contribution >= 4 is 0 Å². The molecule has 6 heteroatoms. The summed E-state index contributed by atoms with van der Waals surface area (Å²) in [5.74, 6) is 1.32. The van der Waals surface area contributed by atoms with Gasteiger partial charge in [-0.05, 0) is 13.8 Å². The van der Waals surface area contributed by atoms with Crippen LogP contribution in [0.15, 0.2) is 4.52 Å². The Labute approximate surface area is 102 Å². The Hall–Kier alpha value is -0.980. The van der Waals surface area contributed by atoms with Gasteiger partial charge in [0, 0.05) is 39.6 Å². The van der Waals surface area contributed by atoms with E-state index in [4.69, 9.17) is 14.0 Å². The average Bonchev–Trinajstić information content (AvgIpc) is 2.71. The van der Waals surface area contributed by atoms with Gasteiger partial charge in [0.2, 0.25) is 5.89 Å². The minimum atomic E-state index is -0.183. The van der Waals surface area contributed by atoms with Gasteiger partial charge < -0.3 is 19.3 Å². The number of rotatable bonds is 9. The van der Waals surface area contributed by atoms with Crippen molar-refractivity contribution in [1.82, 2.24) is 15.5 Å². The van der Waals surface area contributed by atoms with E-state index >= 15 is 0 Å². The van der Waals surface area contributed by atoms with Crippen LogP contribution in [0.2, 0.25) is 0 Å². The second-order valence-electron chi connectivity index (χ2n) is 3.52. The van der Waals surface area contributed by atoms with Crippen LogP contribution in [0, 0.1) is 6.92 Å². The van der Waals surface area contributed by atoms with Crippen LogP contribution in [0.5, 0.6) is 0 Å². The van der Waals surface area contributed by atoms with Gasteiger partial charge in [0.1, 0.15) is 0 Å². The summed E-state index contributed by atoms with van der Waals surface area (Å²) in [6.45, 7) is 8.42. The maximum atomic E-state index is 5.40. The van der Waals surface area contributed by atoms with Gasteiger partial charge in [-0.25, -0.2) is 0 Å². The van der Waals surface area contributed by atoms with E-state index < -0.39 is 0 Å². The minimum Gasteiger partial charge on any atom is -0.352 e. The zero-order valence-electron chi connectivity index (χ0n) is 10.7. The number of aromatic nitrogens is 2. The van der Waals surface area contributed by atoms with Crippen molar-refractivity contribution in [1.29, 1.82) is 0 Å². The smallest absolute Gasteiger partial charge is 0.223 e. The Balaban J connectivity index is 2.13. The standard InChI is InChI=1S/C11H21N3O3/c1-4-15-11(16-5-2)8-12-7-6-10-13-9(3)17-14-10/h11-12H,4-8H2,1-3H3. The van der Waals surface area contributed by atoms with E-state index in [0.29, 0.717) is 25.6 Å². The van der Waals surface area contributed by atoms with Crippen LogP contribution in [0.1, 0.15) is 25.6 Å². The molecule has 0 bridgehead atoms. The third-order valence-electron chi connectivity index (χ3n) is 2.11. The zero-order chi connectivity index (χ0) is 12.5. The van der Waals surface area contributed by atoms with Crippen molar-refractivity contribution in [3.05, 3.63) is 11.7 Å². The molecule has 0 fully saturated rings. The van der Waals surface area contributed by atoms with Gasteiger partial charge >= 0.3 is 0 Å². The summed E-state index contributed by atoms with van der Waals surface area (Å²) in [5.41, 5.74) is 0. The molecule has 0 unspecified atom stereocenters. The Morgan fingerprint density at radius 3 is 2.53 bits per heavy atom. The van der Waals surface area contributed by atoms with Crippen LogP contribution in [0.3, 0.4) is 0 Å². The highest BCUT2D eigenvalue weighted by Crippen LogP contribution is 1.96. The molecule has 0 aliphatic heterocycles. The largest absolute Gasteiger partial charge is 0.352 e. The lowest BCUT2D eigenvalue weighted by molar-refractivity contribution is -0.132. The molecule has 1 N–H and O–H groups in total. The molecule has 0 saturated heterocycles. The molecular formula is C11H21N3O3. The summed E-state index contributed by atoms with van der Waals surface area (Å²) in [4.78, 5) is 4.12. The zero-order valence-corrected chi connectivity index (χ0v) is 10.7. The van der Waals surface area contributed by atoms with Gasteiger partial charge in [-0.15, -0.1) is 0 Å². The van der Waals surface area contributed by atoms with Crippen molar-refractivity contribution in [2.75, 3.05) is 26.3 Å². The predicted molar refractivity (Wildman–Crippen MR) is 62.6 cm³/mol. The molecule has 0 amide bonds. The maximum Gasteiger partial charge on any atom is 0.223 e. The Kier molecular flexibility index (Phi) is 6.76. The van der Waals surface area contributed by atoms with Gasteiger partial charge in [-0.3, -0.25) is 0 Å². The molecule has 98 valence electrons. The van der Waals surface area contributed by atoms with Gasteiger partial charge in [-0.2, -0.15) is 4.98 Å². The van der Waals surface area contributed by atoms with E-state index in [0.717, 1.165) is 18.8 Å². The van der Waals surface area contributed by atoms with Crippen molar-refractivity contribution in [2.45, 2.75) is 33.5 Å². The molecule has 0 aliphatic rings. The Morgan fingerprint density at radius 1 is 1.29 bits per heavy atom. The number of hydrogen-bond acceptors (Lipinski definition) is 6. The molecule has 1 heterocycles. The molecule has 0 aliphatic carbocycles. The van der Waals surface area contributed by atoms with Gasteiger partial charge in [0.05, 0.1) is 0 Å². The second-order valence-corrected chi connectivity index (χ2v) is 3.52. The molecule has 0 spiro atoms. The maximum absolute atomic E-state index is 5.40. The quantitative estimate of drug-likeness (QED) is 0.513. The second kappa shape index (κ2) is 8.16. The van der Waals surface area contributed by atoms with Crippen molar-refractivity contribution in [3.63, 3.8) is 0 Å². The molecule has 17 heavy (non-hydrogen) atoms. The number of ether oxygens (including phenoxy) is 2. The SMILES string of the molecule is CCOC(CNCCc1noc(C)n1)OCC. The van der Waals surface area contributed by atoms with Crippen LogP contribution in [0.25, 0.3) is 0 Å². The average molecular weight is 243 g/mol. The lowest BCUT2D eigenvalue weighted by Gasteiger charge is -2.17. The lowest BCUT2D eigenvalue weighted by atomic mass is 10.4. The molecule has 6 nitrogen and oxygen atoms in total. The highest BCUT2D eigenvalue weighted by molar-refractivity contribution is 4.84.